The van der Waals surface area contributed by atoms with E-state index in [-0.39, 0.29) is 17.2 Å². The molecule has 8 heteroatoms. The third-order valence-corrected chi connectivity index (χ3v) is 5.72. The largest absolute Gasteiger partial charge is 0.493 e. The van der Waals surface area contributed by atoms with Crippen LogP contribution in [0.5, 0.6) is 11.8 Å². The van der Waals surface area contributed by atoms with Crippen molar-refractivity contribution >= 4 is 5.65 Å². The molecular weight excluding hydrogens is 358 g/mol. The molecule has 0 bridgehead atoms. The summed E-state index contributed by atoms with van der Waals surface area (Å²) in [4.78, 5) is 21.7. The number of fused-ring (bicyclic) bond motifs is 2. The van der Waals surface area contributed by atoms with Crippen molar-refractivity contribution in [3.8, 4) is 11.8 Å². The molecule has 4 heterocycles. The number of H-pyrrole nitrogens is 1. The Hall–Kier alpha value is -2.87. The number of likely N-dealkylation sites (tertiary alicyclic amines) is 1. The Balaban J connectivity index is 1.43. The van der Waals surface area contributed by atoms with E-state index in [2.05, 4.69) is 33.1 Å². The van der Waals surface area contributed by atoms with Gasteiger partial charge in [-0.05, 0) is 38.1 Å². The Bertz CT molecular complexity index is 1070. The summed E-state index contributed by atoms with van der Waals surface area (Å²) in [7, 11) is 2.09. The summed E-state index contributed by atoms with van der Waals surface area (Å²) < 4.78 is 13.1. The fraction of sp³-hybridized carbons (Fsp3) is 0.450. The first-order valence-corrected chi connectivity index (χ1v) is 9.72. The van der Waals surface area contributed by atoms with Crippen molar-refractivity contribution in [1.82, 2.24) is 24.5 Å². The highest BCUT2D eigenvalue weighted by Crippen LogP contribution is 2.29. The molecule has 0 amide bonds. The van der Waals surface area contributed by atoms with E-state index in [0.29, 0.717) is 25.7 Å². The maximum absolute atomic E-state index is 12.4. The number of benzene rings is 1. The number of hydrogen-bond donors (Lipinski definition) is 1. The molecule has 1 aromatic carbocycles. The number of rotatable bonds is 5. The van der Waals surface area contributed by atoms with Gasteiger partial charge in [-0.25, -0.2) is 9.50 Å². The quantitative estimate of drug-likeness (QED) is 0.720. The first kappa shape index (κ1) is 17.2. The monoisotopic (exact) mass is 381 g/mol. The van der Waals surface area contributed by atoms with Crippen LogP contribution in [-0.4, -0.2) is 57.3 Å². The molecule has 2 aliphatic rings. The van der Waals surface area contributed by atoms with Crippen LogP contribution in [0.25, 0.3) is 5.65 Å². The third kappa shape index (κ3) is 3.03. The molecule has 0 spiro atoms. The van der Waals surface area contributed by atoms with E-state index in [1.807, 2.05) is 12.1 Å². The van der Waals surface area contributed by atoms with Crippen molar-refractivity contribution in [3.63, 3.8) is 0 Å². The lowest BCUT2D eigenvalue weighted by Gasteiger charge is -2.18. The van der Waals surface area contributed by atoms with Crippen molar-refractivity contribution in [2.45, 2.75) is 31.7 Å². The zero-order valence-electron chi connectivity index (χ0n) is 15.9. The number of nitrogens with one attached hydrogen (secondary N) is 1. The highest BCUT2D eigenvalue weighted by molar-refractivity contribution is 5.45. The van der Waals surface area contributed by atoms with Crippen LogP contribution in [0.15, 0.2) is 29.2 Å². The van der Waals surface area contributed by atoms with Crippen LogP contribution in [0.1, 0.15) is 29.7 Å². The smallest absolute Gasteiger partial charge is 0.314 e. The van der Waals surface area contributed by atoms with Crippen LogP contribution in [0, 0.1) is 0 Å². The van der Waals surface area contributed by atoms with Gasteiger partial charge in [-0.2, -0.15) is 0 Å². The molecule has 1 N–H and O–H groups in total. The van der Waals surface area contributed by atoms with E-state index in [1.54, 1.807) is 10.7 Å². The van der Waals surface area contributed by atoms with E-state index >= 15 is 0 Å². The Morgan fingerprint density at radius 1 is 1.39 bits per heavy atom. The summed E-state index contributed by atoms with van der Waals surface area (Å²) in [6, 6.07) is 6.67. The minimum absolute atomic E-state index is 0.235. The fourth-order valence-corrected chi connectivity index (χ4v) is 4.12. The summed E-state index contributed by atoms with van der Waals surface area (Å²) in [6.07, 6.45) is 5.51. The van der Waals surface area contributed by atoms with Crippen molar-refractivity contribution < 1.29 is 9.47 Å². The summed E-state index contributed by atoms with van der Waals surface area (Å²) >= 11 is 0. The highest BCUT2D eigenvalue weighted by Gasteiger charge is 2.22. The molecule has 1 saturated heterocycles. The molecule has 5 rings (SSSR count). The van der Waals surface area contributed by atoms with E-state index in [0.717, 1.165) is 30.8 Å². The third-order valence-electron chi connectivity index (χ3n) is 5.72. The van der Waals surface area contributed by atoms with Crippen LogP contribution < -0.4 is 15.0 Å². The van der Waals surface area contributed by atoms with Crippen molar-refractivity contribution in [3.05, 3.63) is 51.6 Å². The van der Waals surface area contributed by atoms with Gasteiger partial charge in [-0.15, -0.1) is 5.10 Å². The molecular formula is C20H23N5O3. The van der Waals surface area contributed by atoms with Gasteiger partial charge in [0.1, 0.15) is 12.4 Å². The Morgan fingerprint density at radius 3 is 3.18 bits per heavy atom. The van der Waals surface area contributed by atoms with Gasteiger partial charge in [-0.3, -0.25) is 9.78 Å². The molecule has 28 heavy (non-hydrogen) atoms. The molecule has 1 unspecified atom stereocenters. The van der Waals surface area contributed by atoms with Crippen LogP contribution in [0.3, 0.4) is 0 Å². The molecule has 3 aromatic rings. The Morgan fingerprint density at radius 2 is 2.32 bits per heavy atom. The Kier molecular flexibility index (Phi) is 4.27. The van der Waals surface area contributed by atoms with Gasteiger partial charge in [0.25, 0.3) is 5.56 Å². The summed E-state index contributed by atoms with van der Waals surface area (Å²) in [6.45, 7) is 2.30. The second-order valence-electron chi connectivity index (χ2n) is 7.50. The maximum atomic E-state index is 12.4. The van der Waals surface area contributed by atoms with E-state index < -0.39 is 0 Å². The zero-order chi connectivity index (χ0) is 19.1. The van der Waals surface area contributed by atoms with E-state index in [9.17, 15) is 4.79 Å². The van der Waals surface area contributed by atoms with Gasteiger partial charge in [0.05, 0.1) is 18.5 Å². The number of ether oxygens (including phenoxy) is 2. The summed E-state index contributed by atoms with van der Waals surface area (Å²) in [5.74, 6) is 0.946. The predicted molar refractivity (Wildman–Crippen MR) is 103 cm³/mol. The van der Waals surface area contributed by atoms with Crippen LogP contribution in [-0.2, 0) is 12.8 Å². The van der Waals surface area contributed by atoms with E-state index in [1.165, 1.54) is 17.5 Å². The van der Waals surface area contributed by atoms with Crippen LogP contribution in [0.4, 0.5) is 0 Å². The lowest BCUT2D eigenvalue weighted by atomic mass is 10.0. The molecule has 0 radical (unpaired) electrons. The number of aromatic amines is 1. The topological polar surface area (TPSA) is 84.8 Å². The predicted octanol–water partition coefficient (Wildman–Crippen LogP) is 1.42. The Labute approximate surface area is 162 Å². The van der Waals surface area contributed by atoms with Gasteiger partial charge < -0.3 is 14.4 Å². The lowest BCUT2D eigenvalue weighted by molar-refractivity contribution is 0.185. The number of nitrogens with zero attached hydrogens (tertiary/aromatic N) is 4. The normalized spacial score (nSPS) is 19.1. The number of imidazole rings is 1. The first-order valence-electron chi connectivity index (χ1n) is 9.72. The zero-order valence-corrected chi connectivity index (χ0v) is 15.9. The second kappa shape index (κ2) is 6.94. The fourth-order valence-electron chi connectivity index (χ4n) is 4.12. The van der Waals surface area contributed by atoms with Gasteiger partial charge >= 0.3 is 6.01 Å². The molecule has 8 nitrogen and oxygen atoms in total. The molecule has 2 aliphatic heterocycles. The maximum Gasteiger partial charge on any atom is 0.314 e. The molecule has 146 valence electrons. The average Bonchev–Trinajstić information content (AvgIpc) is 3.41. The lowest BCUT2D eigenvalue weighted by Crippen LogP contribution is -2.31. The molecule has 2 aromatic heterocycles. The van der Waals surface area contributed by atoms with Crippen molar-refractivity contribution in [2.75, 3.05) is 26.8 Å². The molecule has 1 atom stereocenters. The second-order valence-corrected chi connectivity index (χ2v) is 7.50. The number of hydrogen-bond acceptors (Lipinski definition) is 6. The van der Waals surface area contributed by atoms with Gasteiger partial charge in [0, 0.05) is 24.4 Å². The van der Waals surface area contributed by atoms with Gasteiger partial charge in [0.2, 0.25) is 5.65 Å². The van der Waals surface area contributed by atoms with Crippen LogP contribution in [0.2, 0.25) is 0 Å². The molecule has 1 fully saturated rings. The molecule has 0 aliphatic carbocycles. The summed E-state index contributed by atoms with van der Waals surface area (Å²) in [5, 5.41) is 4.50. The van der Waals surface area contributed by atoms with Gasteiger partial charge in [0.15, 0.2) is 0 Å². The van der Waals surface area contributed by atoms with Crippen molar-refractivity contribution in [1.29, 1.82) is 0 Å². The molecule has 0 saturated carbocycles. The minimum atomic E-state index is -0.294. The standard InChI is InChI=1S/C20H23N5O3/c1-24-8-3-5-14(24)12-28-20-22-19(26)18-21-11-15(25(18)23-20)10-13-4-2-6-17-16(13)7-9-27-17/h2,4,6,11,14H,3,5,7-10,12H2,1H3,(H,22,23,26). The SMILES string of the molecule is CN1CCCC1COc1nn2c(Cc3cccc4c3CCO4)cnc2c(=O)[nH]1. The average molecular weight is 381 g/mol. The van der Waals surface area contributed by atoms with E-state index in [4.69, 9.17) is 9.47 Å². The van der Waals surface area contributed by atoms with Gasteiger partial charge in [-0.1, -0.05) is 12.1 Å². The minimum Gasteiger partial charge on any atom is -0.493 e. The highest BCUT2D eigenvalue weighted by atomic mass is 16.5. The summed E-state index contributed by atoms with van der Waals surface area (Å²) in [5.41, 5.74) is 3.24. The number of likely N-dealkylation sites (N-methyl/N-ethyl adjacent to an activating group) is 1. The first-order chi connectivity index (χ1) is 13.7. The number of aromatic nitrogens is 4. The van der Waals surface area contributed by atoms with Crippen LogP contribution >= 0.6 is 0 Å². The van der Waals surface area contributed by atoms with Crippen molar-refractivity contribution in [2.24, 2.45) is 0 Å².